The van der Waals surface area contributed by atoms with E-state index in [-0.39, 0.29) is 14.9 Å². The average molecular weight is 394 g/mol. The molecule has 0 aliphatic carbocycles. The van der Waals surface area contributed by atoms with Gasteiger partial charge in [0.2, 0.25) is 0 Å². The maximum absolute atomic E-state index is 12.5. The molecule has 0 saturated heterocycles. The van der Waals surface area contributed by atoms with E-state index in [0.29, 0.717) is 5.69 Å². The Bertz CT molecular complexity index is 1030. The van der Waals surface area contributed by atoms with E-state index < -0.39 is 10.0 Å². The van der Waals surface area contributed by atoms with Gasteiger partial charge in [-0.25, -0.2) is 8.42 Å². The van der Waals surface area contributed by atoms with Crippen LogP contribution in [0.25, 0.3) is 10.9 Å². The van der Waals surface area contributed by atoms with E-state index >= 15 is 0 Å². The van der Waals surface area contributed by atoms with Crippen molar-refractivity contribution in [2.75, 3.05) is 4.72 Å². The summed E-state index contributed by atoms with van der Waals surface area (Å²) in [4.78, 5) is 15.9. The van der Waals surface area contributed by atoms with Gasteiger partial charge in [0.05, 0.1) is 20.6 Å². The first-order valence-corrected chi connectivity index (χ1v) is 8.88. The summed E-state index contributed by atoms with van der Waals surface area (Å²) in [7, 11) is -2.22. The molecule has 0 unspecified atom stereocenters. The summed E-state index contributed by atoms with van der Waals surface area (Å²) < 4.78 is 29.1. The molecule has 2 aromatic heterocycles. The van der Waals surface area contributed by atoms with Crippen molar-refractivity contribution >= 4 is 42.5 Å². The second-order valence-corrected chi connectivity index (χ2v) is 7.49. The van der Waals surface area contributed by atoms with Crippen LogP contribution in [0.2, 0.25) is 0 Å². The molecule has 118 valence electrons. The monoisotopic (exact) mass is 393 g/mol. The first kappa shape index (κ1) is 15.7. The largest absolute Gasteiger partial charge is 0.316 e. The van der Waals surface area contributed by atoms with Gasteiger partial charge in [0.15, 0.2) is 0 Å². The Balaban J connectivity index is 2.02. The molecule has 0 radical (unpaired) electrons. The van der Waals surface area contributed by atoms with Crippen LogP contribution >= 0.6 is 15.9 Å². The Kier molecular flexibility index (Phi) is 3.95. The zero-order valence-electron chi connectivity index (χ0n) is 12.0. The maximum Gasteiger partial charge on any atom is 0.264 e. The number of hydrogen-bond donors (Lipinski definition) is 1. The van der Waals surface area contributed by atoms with Crippen molar-refractivity contribution in [2.45, 2.75) is 4.90 Å². The number of halogens is 1. The lowest BCUT2D eigenvalue weighted by Crippen LogP contribution is -2.19. The van der Waals surface area contributed by atoms with Crippen LogP contribution in [-0.2, 0) is 17.1 Å². The van der Waals surface area contributed by atoms with E-state index in [1.54, 1.807) is 37.5 Å². The smallest absolute Gasteiger partial charge is 0.264 e. The predicted molar refractivity (Wildman–Crippen MR) is 91.9 cm³/mol. The molecule has 2 heterocycles. The molecule has 1 N–H and O–H groups in total. The van der Waals surface area contributed by atoms with Crippen LogP contribution in [0.15, 0.2) is 63.0 Å². The molecule has 0 aliphatic heterocycles. The Morgan fingerprint density at radius 1 is 1.22 bits per heavy atom. The molecule has 0 spiro atoms. The summed E-state index contributed by atoms with van der Waals surface area (Å²) in [6.07, 6.45) is 3.07. The standard InChI is InChI=1S/C15H12BrN3O3S/c1-19-9-11(8-13(16)15(19)20)18-23(21,22)12-4-5-14-10(7-12)3-2-6-17-14/h2-9,18H,1H3. The Hall–Kier alpha value is -2.19. The molecular formula is C15H12BrN3O3S. The molecule has 0 saturated carbocycles. The fourth-order valence-electron chi connectivity index (χ4n) is 2.16. The highest BCUT2D eigenvalue weighted by Gasteiger charge is 2.16. The quantitative estimate of drug-likeness (QED) is 0.740. The zero-order chi connectivity index (χ0) is 16.6. The van der Waals surface area contributed by atoms with E-state index in [2.05, 4.69) is 25.6 Å². The van der Waals surface area contributed by atoms with Gasteiger partial charge < -0.3 is 4.57 Å². The molecule has 8 heteroatoms. The van der Waals surface area contributed by atoms with E-state index in [0.717, 1.165) is 10.9 Å². The minimum absolute atomic E-state index is 0.128. The summed E-state index contributed by atoms with van der Waals surface area (Å²) in [5.74, 6) is 0. The summed E-state index contributed by atoms with van der Waals surface area (Å²) >= 11 is 3.12. The van der Waals surface area contributed by atoms with Gasteiger partial charge in [0, 0.05) is 24.8 Å². The van der Waals surface area contributed by atoms with Gasteiger partial charge in [0.1, 0.15) is 0 Å². The number of rotatable bonds is 3. The molecule has 3 aromatic rings. The SMILES string of the molecule is Cn1cc(NS(=O)(=O)c2ccc3ncccc3c2)cc(Br)c1=O. The van der Waals surface area contributed by atoms with E-state index in [1.165, 1.54) is 22.9 Å². The third-order valence-electron chi connectivity index (χ3n) is 3.28. The molecule has 23 heavy (non-hydrogen) atoms. The molecule has 6 nitrogen and oxygen atoms in total. The predicted octanol–water partition coefficient (Wildman–Crippen LogP) is 2.50. The Morgan fingerprint density at radius 2 is 2.00 bits per heavy atom. The molecule has 0 atom stereocenters. The van der Waals surface area contributed by atoms with Crippen LogP contribution in [0.4, 0.5) is 5.69 Å². The van der Waals surface area contributed by atoms with Gasteiger partial charge in [-0.3, -0.25) is 14.5 Å². The van der Waals surface area contributed by atoms with Crippen LogP contribution in [-0.4, -0.2) is 18.0 Å². The highest BCUT2D eigenvalue weighted by molar-refractivity contribution is 9.10. The number of aryl methyl sites for hydroxylation is 1. The zero-order valence-corrected chi connectivity index (χ0v) is 14.4. The number of nitrogens with one attached hydrogen (secondary N) is 1. The van der Waals surface area contributed by atoms with Crippen LogP contribution < -0.4 is 10.3 Å². The van der Waals surface area contributed by atoms with E-state index in [4.69, 9.17) is 0 Å². The van der Waals surface area contributed by atoms with Gasteiger partial charge in [-0.15, -0.1) is 0 Å². The fourth-order valence-corrected chi connectivity index (χ4v) is 3.76. The lowest BCUT2D eigenvalue weighted by atomic mass is 10.2. The molecule has 0 fully saturated rings. The minimum Gasteiger partial charge on any atom is -0.316 e. The van der Waals surface area contributed by atoms with Crippen LogP contribution in [0.3, 0.4) is 0 Å². The van der Waals surface area contributed by atoms with Gasteiger partial charge in [-0.2, -0.15) is 0 Å². The number of sulfonamides is 1. The van der Waals surface area contributed by atoms with Crippen molar-refractivity contribution in [1.82, 2.24) is 9.55 Å². The van der Waals surface area contributed by atoms with Gasteiger partial charge in [0.25, 0.3) is 15.6 Å². The summed E-state index contributed by atoms with van der Waals surface area (Å²) in [5.41, 5.74) is 0.770. The lowest BCUT2D eigenvalue weighted by Gasteiger charge is -2.10. The highest BCUT2D eigenvalue weighted by Crippen LogP contribution is 2.21. The lowest BCUT2D eigenvalue weighted by molar-refractivity contribution is 0.601. The van der Waals surface area contributed by atoms with E-state index in [9.17, 15) is 13.2 Å². The van der Waals surface area contributed by atoms with Crippen molar-refractivity contribution in [3.8, 4) is 0 Å². The molecule has 0 amide bonds. The topological polar surface area (TPSA) is 81.1 Å². The van der Waals surface area contributed by atoms with Crippen LogP contribution in [0, 0.1) is 0 Å². The number of pyridine rings is 2. The summed E-state index contributed by atoms with van der Waals surface area (Å²) in [6, 6.07) is 9.68. The van der Waals surface area contributed by atoms with E-state index in [1.807, 2.05) is 0 Å². The van der Waals surface area contributed by atoms with Crippen molar-refractivity contribution in [1.29, 1.82) is 0 Å². The van der Waals surface area contributed by atoms with Crippen LogP contribution in [0.1, 0.15) is 0 Å². The molecule has 0 aliphatic rings. The van der Waals surface area contributed by atoms with Gasteiger partial charge in [-0.05, 0) is 46.3 Å². The number of fused-ring (bicyclic) bond motifs is 1. The van der Waals surface area contributed by atoms with Crippen molar-refractivity contribution in [3.05, 3.63) is 63.6 Å². The fraction of sp³-hybridized carbons (Fsp3) is 0.0667. The summed E-state index contributed by atoms with van der Waals surface area (Å²) in [6.45, 7) is 0. The first-order chi connectivity index (χ1) is 10.9. The number of aromatic nitrogens is 2. The second-order valence-electron chi connectivity index (χ2n) is 4.96. The highest BCUT2D eigenvalue weighted by atomic mass is 79.9. The molecular weight excluding hydrogens is 382 g/mol. The normalized spacial score (nSPS) is 11.6. The number of anilines is 1. The molecule has 1 aromatic carbocycles. The second kappa shape index (κ2) is 5.78. The van der Waals surface area contributed by atoms with Crippen molar-refractivity contribution in [3.63, 3.8) is 0 Å². The maximum atomic E-state index is 12.5. The third kappa shape index (κ3) is 3.13. The average Bonchev–Trinajstić information content (AvgIpc) is 2.51. The van der Waals surface area contributed by atoms with Crippen LogP contribution in [0.5, 0.6) is 0 Å². The molecule has 3 rings (SSSR count). The third-order valence-corrected chi connectivity index (χ3v) is 5.22. The number of nitrogens with zero attached hydrogens (tertiary/aromatic N) is 2. The number of hydrogen-bond acceptors (Lipinski definition) is 4. The van der Waals surface area contributed by atoms with Crippen molar-refractivity contribution in [2.24, 2.45) is 7.05 Å². The summed E-state index contributed by atoms with van der Waals surface area (Å²) in [5, 5.41) is 0.733. The Labute approximate surface area is 141 Å². The first-order valence-electron chi connectivity index (χ1n) is 6.60. The van der Waals surface area contributed by atoms with Crippen molar-refractivity contribution < 1.29 is 8.42 Å². The minimum atomic E-state index is -3.77. The molecule has 0 bridgehead atoms. The van der Waals surface area contributed by atoms with Gasteiger partial charge >= 0.3 is 0 Å². The Morgan fingerprint density at radius 3 is 2.74 bits per heavy atom. The van der Waals surface area contributed by atoms with Gasteiger partial charge in [-0.1, -0.05) is 6.07 Å². The number of benzene rings is 1.